The van der Waals surface area contributed by atoms with Gasteiger partial charge in [-0.15, -0.1) is 0 Å². The first kappa shape index (κ1) is 37.4. The Kier molecular flexibility index (Phi) is 12.0. The summed E-state index contributed by atoms with van der Waals surface area (Å²) in [5, 5.41) is 10.3. The second-order valence-corrected chi connectivity index (χ2v) is 15.2. The Labute approximate surface area is 319 Å². The van der Waals surface area contributed by atoms with Crippen LogP contribution >= 0.6 is 11.6 Å². The molecule has 12 heteroatoms. The summed E-state index contributed by atoms with van der Waals surface area (Å²) >= 11 is 6.77. The number of halogens is 1. The van der Waals surface area contributed by atoms with Gasteiger partial charge >= 0.3 is 6.01 Å². The maximum absolute atomic E-state index is 13.2. The van der Waals surface area contributed by atoms with E-state index in [9.17, 15) is 4.79 Å². The number of morpholine rings is 1. The molecule has 0 unspecified atom stereocenters. The van der Waals surface area contributed by atoms with Crippen molar-refractivity contribution in [1.82, 2.24) is 24.7 Å². The van der Waals surface area contributed by atoms with Crippen LogP contribution in [0.3, 0.4) is 0 Å². The first-order valence-corrected chi connectivity index (χ1v) is 19.8. The first-order valence-electron chi connectivity index (χ1n) is 19.5. The number of piperazine rings is 1. The molecular formula is C41H53ClN8O3. The summed E-state index contributed by atoms with van der Waals surface area (Å²) in [4.78, 5) is 35.2. The quantitative estimate of drug-likeness (QED) is 0.254. The second kappa shape index (κ2) is 17.0. The summed E-state index contributed by atoms with van der Waals surface area (Å²) in [5.74, 6) is 1.05. The fraction of sp³-hybridized carbons (Fsp3) is 0.561. The van der Waals surface area contributed by atoms with E-state index in [2.05, 4.69) is 50.8 Å². The van der Waals surface area contributed by atoms with Crippen LogP contribution in [0.2, 0.25) is 5.02 Å². The molecule has 282 valence electrons. The van der Waals surface area contributed by atoms with Crippen molar-refractivity contribution < 1.29 is 14.3 Å². The molecule has 0 N–H and O–H groups in total. The first-order chi connectivity index (χ1) is 25.9. The third kappa shape index (κ3) is 8.12. The molecule has 0 radical (unpaired) electrons. The molecule has 1 aromatic heterocycles. The number of nitrogens with zero attached hydrogens (tertiary/aromatic N) is 8. The van der Waals surface area contributed by atoms with Crippen molar-refractivity contribution in [3.8, 4) is 12.1 Å². The van der Waals surface area contributed by atoms with E-state index >= 15 is 0 Å². The van der Waals surface area contributed by atoms with E-state index < -0.39 is 0 Å². The normalized spacial score (nSPS) is 21.6. The number of amides is 1. The predicted octanol–water partition coefficient (Wildman–Crippen LogP) is 5.70. The minimum absolute atomic E-state index is 0.0843. The lowest BCUT2D eigenvalue weighted by molar-refractivity contribution is -0.126. The van der Waals surface area contributed by atoms with Gasteiger partial charge in [0.2, 0.25) is 5.91 Å². The number of ether oxygens (including phenoxy) is 2. The van der Waals surface area contributed by atoms with E-state index in [4.69, 9.17) is 36.3 Å². The van der Waals surface area contributed by atoms with Crippen LogP contribution in [0.1, 0.15) is 57.2 Å². The van der Waals surface area contributed by atoms with Crippen molar-refractivity contribution in [2.75, 3.05) is 88.5 Å². The van der Waals surface area contributed by atoms with E-state index in [1.54, 1.807) is 12.1 Å². The van der Waals surface area contributed by atoms with Crippen molar-refractivity contribution >= 4 is 39.8 Å². The van der Waals surface area contributed by atoms with Crippen LogP contribution in [0.5, 0.6) is 6.01 Å². The molecule has 0 saturated carbocycles. The monoisotopic (exact) mass is 740 g/mol. The van der Waals surface area contributed by atoms with Gasteiger partial charge in [0, 0.05) is 81.5 Å². The molecule has 5 aliphatic rings. The van der Waals surface area contributed by atoms with Gasteiger partial charge < -0.3 is 24.2 Å². The number of carbonyl (C=O) groups is 1. The lowest BCUT2D eigenvalue weighted by atomic mass is 9.95. The molecule has 11 nitrogen and oxygen atoms in total. The molecule has 5 aliphatic heterocycles. The molecule has 0 spiro atoms. The smallest absolute Gasteiger partial charge is 0.318 e. The highest BCUT2D eigenvalue weighted by Crippen LogP contribution is 2.40. The minimum Gasteiger partial charge on any atom is -0.461 e. The maximum Gasteiger partial charge on any atom is 0.318 e. The highest BCUT2D eigenvalue weighted by molar-refractivity contribution is 6.36. The molecule has 0 aliphatic carbocycles. The number of carbonyl (C=O) groups excluding carboxylic acids is 1. The zero-order valence-corrected chi connectivity index (χ0v) is 32.1. The fourth-order valence-corrected chi connectivity index (χ4v) is 9.24. The highest BCUT2D eigenvalue weighted by Gasteiger charge is 2.45. The zero-order chi connectivity index (χ0) is 36.8. The van der Waals surface area contributed by atoms with Gasteiger partial charge in [0.15, 0.2) is 0 Å². The van der Waals surface area contributed by atoms with Gasteiger partial charge in [-0.2, -0.15) is 15.2 Å². The maximum atomic E-state index is 13.2. The van der Waals surface area contributed by atoms with Crippen molar-refractivity contribution in [2.45, 2.75) is 70.5 Å². The Morgan fingerprint density at radius 3 is 2.55 bits per heavy atom. The third-order valence-corrected chi connectivity index (χ3v) is 12.1. The van der Waals surface area contributed by atoms with Crippen LogP contribution in [0.15, 0.2) is 48.6 Å². The van der Waals surface area contributed by atoms with E-state index in [-0.39, 0.29) is 11.4 Å². The Balaban J connectivity index is 0.00000140. The number of fused-ring (bicyclic) bond motifs is 3. The zero-order valence-electron chi connectivity index (χ0n) is 31.3. The van der Waals surface area contributed by atoms with Crippen molar-refractivity contribution in [3.05, 3.63) is 64.8 Å². The summed E-state index contributed by atoms with van der Waals surface area (Å²) in [5.41, 5.74) is 3.45. The summed E-state index contributed by atoms with van der Waals surface area (Å²) in [7, 11) is 0. The van der Waals surface area contributed by atoms with E-state index in [0.717, 1.165) is 105 Å². The summed E-state index contributed by atoms with van der Waals surface area (Å²) in [6.07, 6.45) is 10.5. The van der Waals surface area contributed by atoms with Gasteiger partial charge in [0.05, 0.1) is 42.1 Å². The Morgan fingerprint density at radius 1 is 1.04 bits per heavy atom. The Morgan fingerprint density at radius 2 is 1.79 bits per heavy atom. The number of rotatable bonds is 9. The number of benzene rings is 2. The van der Waals surface area contributed by atoms with Crippen LogP contribution in [-0.4, -0.2) is 121 Å². The van der Waals surface area contributed by atoms with Crippen LogP contribution in [0.25, 0.3) is 10.8 Å². The van der Waals surface area contributed by atoms with Crippen molar-refractivity contribution in [1.29, 1.82) is 5.26 Å². The SMILES string of the molecule is CC#N.CC[C@@H]1COCCN1C/C=C/C(=O)N1CCN(c2nc(OCC34CCCN3CCC4)nc3c2CCN(c2cccc4cccc(Cl)c24)C3)CC1. The summed E-state index contributed by atoms with van der Waals surface area (Å²) < 4.78 is 12.2. The highest BCUT2D eigenvalue weighted by atomic mass is 35.5. The van der Waals surface area contributed by atoms with Crippen molar-refractivity contribution in [2.24, 2.45) is 0 Å². The predicted molar refractivity (Wildman–Crippen MR) is 210 cm³/mol. The van der Waals surface area contributed by atoms with Gasteiger partial charge in [-0.05, 0) is 69.1 Å². The Bertz CT molecular complexity index is 1810. The molecular weight excluding hydrogens is 688 g/mol. The van der Waals surface area contributed by atoms with E-state index in [1.807, 2.05) is 23.1 Å². The molecule has 4 fully saturated rings. The van der Waals surface area contributed by atoms with Gasteiger partial charge in [-0.25, -0.2) is 0 Å². The Hall–Kier alpha value is -3.95. The van der Waals surface area contributed by atoms with Gasteiger partial charge in [-0.3, -0.25) is 14.6 Å². The molecule has 53 heavy (non-hydrogen) atoms. The van der Waals surface area contributed by atoms with Crippen LogP contribution in [-0.2, 0) is 22.5 Å². The van der Waals surface area contributed by atoms with E-state index in [0.29, 0.717) is 38.3 Å². The molecule has 1 amide bonds. The largest absolute Gasteiger partial charge is 0.461 e. The second-order valence-electron chi connectivity index (χ2n) is 14.8. The average molecular weight is 741 g/mol. The third-order valence-electron chi connectivity index (χ3n) is 11.8. The number of hydrogen-bond donors (Lipinski definition) is 0. The molecule has 8 rings (SSSR count). The van der Waals surface area contributed by atoms with Crippen LogP contribution in [0.4, 0.5) is 11.5 Å². The molecule has 0 bridgehead atoms. The van der Waals surface area contributed by atoms with Gasteiger partial charge in [0.25, 0.3) is 0 Å². The van der Waals surface area contributed by atoms with Crippen LogP contribution in [0, 0.1) is 11.3 Å². The lowest BCUT2D eigenvalue weighted by Gasteiger charge is -2.38. The summed E-state index contributed by atoms with van der Waals surface area (Å²) in [6.45, 7) is 14.1. The standard InChI is InChI=1S/C39H50ClN7O3.C2H3N/c1-2-30-27-49-25-24-43(30)16-5-12-35(48)44-20-22-45(23-21-44)37-31-13-19-46(34-11-4-9-29-8-3-10-32(40)36(29)34)26-33(31)41-38(42-37)50-28-39-14-6-17-47(39)18-7-15-39;1-2-3/h3-5,8-12,30H,2,6-7,13-28H2,1H3;1H3/b12-5+;/t30-;/m1./s1. The number of nitriles is 1. The average Bonchev–Trinajstić information content (AvgIpc) is 3.78. The number of hydrogen-bond acceptors (Lipinski definition) is 10. The minimum atomic E-state index is 0.0843. The number of aromatic nitrogens is 2. The lowest BCUT2D eigenvalue weighted by Crippen LogP contribution is -2.49. The fourth-order valence-electron chi connectivity index (χ4n) is 8.96. The van der Waals surface area contributed by atoms with E-state index in [1.165, 1.54) is 38.2 Å². The van der Waals surface area contributed by atoms with Crippen molar-refractivity contribution in [3.63, 3.8) is 0 Å². The molecule has 4 saturated heterocycles. The molecule has 3 aromatic rings. The summed E-state index contributed by atoms with van der Waals surface area (Å²) in [6, 6.07) is 15.1. The molecule has 6 heterocycles. The number of anilines is 2. The molecule has 1 atom stereocenters. The topological polar surface area (TPSA) is 101 Å². The van der Waals surface area contributed by atoms with Crippen LogP contribution < -0.4 is 14.5 Å². The van der Waals surface area contributed by atoms with Gasteiger partial charge in [-0.1, -0.05) is 48.9 Å². The van der Waals surface area contributed by atoms with Gasteiger partial charge in [0.1, 0.15) is 12.4 Å². The molecule has 2 aromatic carbocycles.